The number of fused-ring (bicyclic) bond motifs is 1. The second-order valence-corrected chi connectivity index (χ2v) is 8.76. The minimum Gasteiger partial charge on any atom is -0.385 e. The number of benzene rings is 2. The fourth-order valence-corrected chi connectivity index (χ4v) is 3.17. The predicted molar refractivity (Wildman–Crippen MR) is 104 cm³/mol. The molecule has 0 radical (unpaired) electrons. The second-order valence-electron chi connectivity index (χ2n) is 6.50. The van der Waals surface area contributed by atoms with E-state index in [-0.39, 0.29) is 18.2 Å². The van der Waals surface area contributed by atoms with Gasteiger partial charge in [0.1, 0.15) is 21.8 Å². The molecule has 142 valence electrons. The van der Waals surface area contributed by atoms with Gasteiger partial charge in [-0.2, -0.15) is 0 Å². The van der Waals surface area contributed by atoms with Crippen molar-refractivity contribution in [3.05, 3.63) is 53.9 Å². The van der Waals surface area contributed by atoms with E-state index in [1.54, 1.807) is 25.1 Å². The van der Waals surface area contributed by atoms with Gasteiger partial charge in [-0.3, -0.25) is 4.79 Å². The van der Waals surface area contributed by atoms with Crippen molar-refractivity contribution in [2.45, 2.75) is 13.0 Å². The first-order chi connectivity index (χ1) is 12.7. The van der Waals surface area contributed by atoms with Crippen molar-refractivity contribution in [3.8, 4) is 11.1 Å². The standard InChI is InChI=1S/C19H21N3O4S/c1-12(23)18-21-16-7-6-14(11-17(16)22-18)13-4-3-5-15(10-13)19(24)20-8-9-27(2,25)26/h3-7,10-12,23H,8-9H2,1-2H3,(H,20,24)(H,21,22). The van der Waals surface area contributed by atoms with Gasteiger partial charge in [-0.15, -0.1) is 0 Å². The molecule has 0 aliphatic rings. The fourth-order valence-electron chi connectivity index (χ4n) is 2.70. The number of imidazole rings is 1. The van der Waals surface area contributed by atoms with Crippen LogP contribution in [0.5, 0.6) is 0 Å². The quantitative estimate of drug-likeness (QED) is 0.599. The van der Waals surface area contributed by atoms with E-state index in [2.05, 4.69) is 15.3 Å². The molecule has 8 heteroatoms. The van der Waals surface area contributed by atoms with Crippen LogP contribution in [0.2, 0.25) is 0 Å². The summed E-state index contributed by atoms with van der Waals surface area (Å²) in [5.41, 5.74) is 3.75. The van der Waals surface area contributed by atoms with Crippen LogP contribution in [0.1, 0.15) is 29.2 Å². The van der Waals surface area contributed by atoms with Crippen LogP contribution in [0, 0.1) is 0 Å². The molecule has 1 atom stereocenters. The maximum absolute atomic E-state index is 12.3. The van der Waals surface area contributed by atoms with Gasteiger partial charge in [-0.05, 0) is 42.3 Å². The zero-order valence-corrected chi connectivity index (χ0v) is 15.9. The molecule has 0 fully saturated rings. The fraction of sp³-hybridized carbons (Fsp3) is 0.263. The summed E-state index contributed by atoms with van der Waals surface area (Å²) in [4.78, 5) is 19.7. The number of H-pyrrole nitrogens is 1. The number of hydrogen-bond acceptors (Lipinski definition) is 5. The third-order valence-corrected chi connectivity index (χ3v) is 5.06. The number of carbonyl (C=O) groups excluding carboxylic acids is 1. The lowest BCUT2D eigenvalue weighted by atomic mass is 10.0. The van der Waals surface area contributed by atoms with Crippen LogP contribution in [0.25, 0.3) is 22.2 Å². The summed E-state index contributed by atoms with van der Waals surface area (Å²) in [6.07, 6.45) is 0.453. The van der Waals surface area contributed by atoms with Crippen molar-refractivity contribution in [2.24, 2.45) is 0 Å². The van der Waals surface area contributed by atoms with Crippen LogP contribution < -0.4 is 5.32 Å². The first kappa shape index (κ1) is 19.1. The Kier molecular flexibility index (Phi) is 5.29. The van der Waals surface area contributed by atoms with Gasteiger partial charge in [0.2, 0.25) is 0 Å². The SMILES string of the molecule is CC(O)c1nc2ccc(-c3cccc(C(=O)NCCS(C)(=O)=O)c3)cc2[nH]1. The van der Waals surface area contributed by atoms with Gasteiger partial charge < -0.3 is 15.4 Å². The van der Waals surface area contributed by atoms with E-state index in [9.17, 15) is 18.3 Å². The normalized spacial score (nSPS) is 12.9. The molecule has 1 heterocycles. The van der Waals surface area contributed by atoms with Crippen molar-refractivity contribution in [3.63, 3.8) is 0 Å². The molecule has 0 spiro atoms. The van der Waals surface area contributed by atoms with Gasteiger partial charge in [0.15, 0.2) is 0 Å². The summed E-state index contributed by atoms with van der Waals surface area (Å²) in [5.74, 6) is 0.0845. The minimum atomic E-state index is -3.12. The number of sulfone groups is 1. The minimum absolute atomic E-state index is 0.0735. The summed E-state index contributed by atoms with van der Waals surface area (Å²) in [5, 5.41) is 12.3. The zero-order chi connectivity index (χ0) is 19.6. The molecule has 1 amide bonds. The Bertz CT molecular complexity index is 1090. The Balaban J connectivity index is 1.82. The molecule has 0 aliphatic carbocycles. The molecule has 1 aromatic heterocycles. The maximum Gasteiger partial charge on any atom is 0.251 e. The van der Waals surface area contributed by atoms with E-state index < -0.39 is 15.9 Å². The number of rotatable bonds is 6. The van der Waals surface area contributed by atoms with E-state index >= 15 is 0 Å². The molecule has 3 aromatic rings. The number of hydrogen-bond donors (Lipinski definition) is 3. The van der Waals surface area contributed by atoms with Crippen LogP contribution in [-0.4, -0.2) is 48.0 Å². The molecular formula is C19H21N3O4S. The molecule has 0 aliphatic heterocycles. The Hall–Kier alpha value is -2.71. The van der Waals surface area contributed by atoms with Crippen LogP contribution >= 0.6 is 0 Å². The first-order valence-corrected chi connectivity index (χ1v) is 10.5. The Labute approximate surface area is 157 Å². The van der Waals surface area contributed by atoms with E-state index in [1.165, 1.54) is 0 Å². The second kappa shape index (κ2) is 7.50. The largest absolute Gasteiger partial charge is 0.385 e. The summed E-state index contributed by atoms with van der Waals surface area (Å²) in [6.45, 7) is 1.72. The number of aliphatic hydroxyl groups excluding tert-OH is 1. The number of aromatic nitrogens is 2. The average Bonchev–Trinajstić information content (AvgIpc) is 3.04. The Morgan fingerprint density at radius 3 is 2.67 bits per heavy atom. The average molecular weight is 387 g/mol. The molecule has 3 rings (SSSR count). The first-order valence-electron chi connectivity index (χ1n) is 8.47. The monoisotopic (exact) mass is 387 g/mol. The lowest BCUT2D eigenvalue weighted by Crippen LogP contribution is -2.28. The Morgan fingerprint density at radius 2 is 1.96 bits per heavy atom. The topological polar surface area (TPSA) is 112 Å². The number of nitrogens with one attached hydrogen (secondary N) is 2. The van der Waals surface area contributed by atoms with Gasteiger partial charge in [0.05, 0.1) is 16.8 Å². The molecule has 1 unspecified atom stereocenters. The molecular weight excluding hydrogens is 366 g/mol. The highest BCUT2D eigenvalue weighted by Crippen LogP contribution is 2.25. The summed E-state index contributed by atoms with van der Waals surface area (Å²) >= 11 is 0. The molecule has 2 aromatic carbocycles. The van der Waals surface area contributed by atoms with Gasteiger partial charge in [-0.1, -0.05) is 18.2 Å². The molecule has 0 saturated carbocycles. The summed E-state index contributed by atoms with van der Waals surface area (Å²) in [6, 6.07) is 12.8. The van der Waals surface area contributed by atoms with Gasteiger partial charge >= 0.3 is 0 Å². The highest BCUT2D eigenvalue weighted by molar-refractivity contribution is 7.90. The smallest absolute Gasteiger partial charge is 0.251 e. The van der Waals surface area contributed by atoms with Crippen LogP contribution in [0.4, 0.5) is 0 Å². The van der Waals surface area contributed by atoms with Gasteiger partial charge in [0.25, 0.3) is 5.91 Å². The Morgan fingerprint density at radius 1 is 1.22 bits per heavy atom. The molecule has 27 heavy (non-hydrogen) atoms. The van der Waals surface area contributed by atoms with E-state index in [1.807, 2.05) is 24.3 Å². The lowest BCUT2D eigenvalue weighted by Gasteiger charge is -2.07. The van der Waals surface area contributed by atoms with Crippen molar-refractivity contribution in [1.82, 2.24) is 15.3 Å². The third kappa shape index (κ3) is 4.72. The van der Waals surface area contributed by atoms with Crippen molar-refractivity contribution in [1.29, 1.82) is 0 Å². The molecule has 0 saturated heterocycles. The van der Waals surface area contributed by atoms with Crippen LogP contribution in [0.15, 0.2) is 42.5 Å². The van der Waals surface area contributed by atoms with E-state index in [0.717, 1.165) is 28.4 Å². The maximum atomic E-state index is 12.3. The third-order valence-electron chi connectivity index (χ3n) is 4.11. The number of aromatic amines is 1. The van der Waals surface area contributed by atoms with E-state index in [4.69, 9.17) is 0 Å². The summed E-state index contributed by atoms with van der Waals surface area (Å²) in [7, 11) is -3.12. The number of amides is 1. The predicted octanol–water partition coefficient (Wildman–Crippen LogP) is 2.06. The highest BCUT2D eigenvalue weighted by Gasteiger charge is 2.11. The zero-order valence-electron chi connectivity index (χ0n) is 15.1. The molecule has 3 N–H and O–H groups in total. The van der Waals surface area contributed by atoms with E-state index in [0.29, 0.717) is 11.4 Å². The van der Waals surface area contributed by atoms with Gasteiger partial charge in [-0.25, -0.2) is 13.4 Å². The number of carbonyl (C=O) groups is 1. The number of aliphatic hydroxyl groups is 1. The lowest BCUT2D eigenvalue weighted by molar-refractivity contribution is 0.0956. The van der Waals surface area contributed by atoms with Crippen molar-refractivity contribution in [2.75, 3.05) is 18.6 Å². The highest BCUT2D eigenvalue weighted by atomic mass is 32.2. The number of nitrogens with zero attached hydrogens (tertiary/aromatic N) is 1. The van der Waals surface area contributed by atoms with Gasteiger partial charge in [0, 0.05) is 18.4 Å². The molecule has 7 nitrogen and oxygen atoms in total. The van der Waals surface area contributed by atoms with Crippen molar-refractivity contribution >= 4 is 26.8 Å². The van der Waals surface area contributed by atoms with Crippen LogP contribution in [-0.2, 0) is 9.84 Å². The van der Waals surface area contributed by atoms with Crippen LogP contribution in [0.3, 0.4) is 0 Å². The summed E-state index contributed by atoms with van der Waals surface area (Å²) < 4.78 is 22.3. The molecule has 0 bridgehead atoms. The van der Waals surface area contributed by atoms with Crippen molar-refractivity contribution < 1.29 is 18.3 Å².